The molecule has 30 heavy (non-hydrogen) atoms. The van der Waals surface area contributed by atoms with Crippen LogP contribution in [0, 0.1) is 0 Å². The Balaban J connectivity index is 1.60. The maximum atomic E-state index is 12.1. The summed E-state index contributed by atoms with van der Waals surface area (Å²) in [5.74, 6) is 0.370. The number of amides is 2. The molecule has 0 saturated carbocycles. The van der Waals surface area contributed by atoms with Gasteiger partial charge in [0.2, 0.25) is 0 Å². The lowest BCUT2D eigenvalue weighted by Crippen LogP contribution is -2.51. The second-order valence-electron chi connectivity index (χ2n) is 7.59. The minimum atomic E-state index is -0.628. The van der Waals surface area contributed by atoms with E-state index in [9.17, 15) is 9.59 Å². The summed E-state index contributed by atoms with van der Waals surface area (Å²) in [4.78, 5) is 28.6. The normalized spacial score (nSPS) is 15.7. The van der Waals surface area contributed by atoms with E-state index in [4.69, 9.17) is 9.15 Å². The summed E-state index contributed by atoms with van der Waals surface area (Å²) in [6.45, 7) is 7.27. The zero-order valence-corrected chi connectivity index (χ0v) is 17.8. The van der Waals surface area contributed by atoms with Gasteiger partial charge in [-0.3, -0.25) is 14.5 Å². The van der Waals surface area contributed by atoms with Crippen LogP contribution < -0.4 is 20.3 Å². The molecule has 1 fully saturated rings. The Morgan fingerprint density at radius 1 is 1.07 bits per heavy atom. The van der Waals surface area contributed by atoms with Crippen LogP contribution >= 0.6 is 0 Å². The highest BCUT2D eigenvalue weighted by Gasteiger charge is 2.28. The second kappa shape index (κ2) is 10.2. The van der Waals surface area contributed by atoms with Gasteiger partial charge in [-0.1, -0.05) is 0 Å². The molecule has 0 radical (unpaired) electrons. The molecule has 1 atom stereocenters. The minimum absolute atomic E-state index is 0.0878. The first-order valence-corrected chi connectivity index (χ1v) is 10.2. The zero-order chi connectivity index (χ0) is 21.5. The first kappa shape index (κ1) is 21.7. The molecule has 0 aliphatic carbocycles. The summed E-state index contributed by atoms with van der Waals surface area (Å²) >= 11 is 0. The summed E-state index contributed by atoms with van der Waals surface area (Å²) in [6.07, 6.45) is 1.63. The van der Waals surface area contributed by atoms with Crippen LogP contribution in [0.1, 0.15) is 25.6 Å². The van der Waals surface area contributed by atoms with Crippen LogP contribution in [0.15, 0.2) is 47.1 Å². The fourth-order valence-electron chi connectivity index (χ4n) is 3.57. The number of piperazine rings is 1. The van der Waals surface area contributed by atoms with Gasteiger partial charge < -0.3 is 24.7 Å². The van der Waals surface area contributed by atoms with E-state index in [0.29, 0.717) is 6.54 Å². The molecule has 1 aromatic heterocycles. The average molecular weight is 415 g/mol. The number of anilines is 1. The fraction of sp³-hybridized carbons (Fsp3) is 0.455. The van der Waals surface area contributed by atoms with Gasteiger partial charge >= 0.3 is 11.8 Å². The second-order valence-corrected chi connectivity index (χ2v) is 7.59. The molecule has 3 rings (SSSR count). The molecule has 2 aromatic rings. The Kier molecular flexibility index (Phi) is 7.35. The smallest absolute Gasteiger partial charge is 0.309 e. The summed E-state index contributed by atoms with van der Waals surface area (Å²) < 4.78 is 10.9. The van der Waals surface area contributed by atoms with Crippen LogP contribution in [0.3, 0.4) is 0 Å². The third kappa shape index (κ3) is 5.54. The number of rotatable bonds is 7. The van der Waals surface area contributed by atoms with E-state index in [1.807, 2.05) is 38.1 Å². The van der Waals surface area contributed by atoms with Gasteiger partial charge in [0.1, 0.15) is 11.5 Å². The fourth-order valence-corrected chi connectivity index (χ4v) is 3.57. The van der Waals surface area contributed by atoms with Crippen molar-refractivity contribution in [2.75, 3.05) is 44.7 Å². The summed E-state index contributed by atoms with van der Waals surface area (Å²) in [5, 5.41) is 5.36. The number of carbonyl (C=O) groups excluding carboxylic acids is 2. The van der Waals surface area contributed by atoms with E-state index in [2.05, 4.69) is 32.6 Å². The molecule has 1 aliphatic rings. The van der Waals surface area contributed by atoms with Crippen LogP contribution in [-0.2, 0) is 9.59 Å². The number of ether oxygens (including phenoxy) is 1. The van der Waals surface area contributed by atoms with Gasteiger partial charge in [-0.2, -0.15) is 0 Å². The van der Waals surface area contributed by atoms with Crippen LogP contribution in [0.4, 0.5) is 5.69 Å². The molecule has 1 aliphatic heterocycles. The summed E-state index contributed by atoms with van der Waals surface area (Å²) in [6, 6.07) is 11.6. The Morgan fingerprint density at radius 3 is 2.33 bits per heavy atom. The number of nitrogens with one attached hydrogen (secondary N) is 2. The van der Waals surface area contributed by atoms with Crippen molar-refractivity contribution in [1.29, 1.82) is 0 Å². The predicted octanol–water partition coefficient (Wildman–Crippen LogP) is 1.79. The average Bonchev–Trinajstić information content (AvgIpc) is 3.28. The molecule has 1 aromatic carbocycles. The van der Waals surface area contributed by atoms with Crippen molar-refractivity contribution in [2.24, 2.45) is 0 Å². The van der Waals surface area contributed by atoms with Crippen molar-refractivity contribution >= 4 is 17.5 Å². The lowest BCUT2D eigenvalue weighted by atomic mass is 10.1. The van der Waals surface area contributed by atoms with E-state index >= 15 is 0 Å². The largest absolute Gasteiger partial charge is 0.497 e. The van der Waals surface area contributed by atoms with Gasteiger partial charge in [-0.05, 0) is 50.2 Å². The molecule has 0 bridgehead atoms. The number of methoxy groups -OCH3 is 1. The third-order valence-electron chi connectivity index (χ3n) is 5.15. The Labute approximate surface area is 177 Å². The third-order valence-corrected chi connectivity index (χ3v) is 5.15. The molecule has 2 amide bonds. The number of carbonyl (C=O) groups is 2. The first-order chi connectivity index (χ1) is 14.5. The van der Waals surface area contributed by atoms with Crippen molar-refractivity contribution < 1.29 is 18.7 Å². The summed E-state index contributed by atoms with van der Waals surface area (Å²) in [7, 11) is 1.66. The molecule has 8 nitrogen and oxygen atoms in total. The standard InChI is InChI=1S/C22H30N4O4/c1-16(2)24-22(28)21(27)23-15-19(20-5-4-14-30-20)26-12-10-25(11-13-26)17-6-8-18(29-3)9-7-17/h4-9,14,16,19H,10-13,15H2,1-3H3,(H,23,27)(H,24,28)/t19-/m1/s1. The number of furan rings is 1. The lowest BCUT2D eigenvalue weighted by molar-refractivity contribution is -0.139. The Morgan fingerprint density at radius 2 is 1.77 bits per heavy atom. The lowest BCUT2D eigenvalue weighted by Gasteiger charge is -2.39. The van der Waals surface area contributed by atoms with E-state index in [-0.39, 0.29) is 12.1 Å². The number of benzene rings is 1. The molecular formula is C22H30N4O4. The van der Waals surface area contributed by atoms with Crippen molar-refractivity contribution in [3.05, 3.63) is 48.4 Å². The van der Waals surface area contributed by atoms with Crippen molar-refractivity contribution in [3.8, 4) is 5.75 Å². The van der Waals surface area contributed by atoms with Crippen LogP contribution in [0.25, 0.3) is 0 Å². The van der Waals surface area contributed by atoms with Crippen LogP contribution in [-0.4, -0.2) is 62.6 Å². The van der Waals surface area contributed by atoms with Gasteiger partial charge in [0.25, 0.3) is 0 Å². The molecule has 162 valence electrons. The van der Waals surface area contributed by atoms with Gasteiger partial charge in [0, 0.05) is 44.5 Å². The van der Waals surface area contributed by atoms with Gasteiger partial charge in [0.15, 0.2) is 0 Å². The number of nitrogens with zero attached hydrogens (tertiary/aromatic N) is 2. The molecule has 2 N–H and O–H groups in total. The highest BCUT2D eigenvalue weighted by molar-refractivity contribution is 6.35. The Bertz CT molecular complexity index is 812. The molecule has 8 heteroatoms. The zero-order valence-electron chi connectivity index (χ0n) is 17.8. The van der Waals surface area contributed by atoms with E-state index in [1.165, 1.54) is 0 Å². The quantitative estimate of drug-likeness (QED) is 0.672. The van der Waals surface area contributed by atoms with E-state index in [0.717, 1.165) is 43.4 Å². The van der Waals surface area contributed by atoms with Gasteiger partial charge in [0.05, 0.1) is 19.4 Å². The van der Waals surface area contributed by atoms with Gasteiger partial charge in [-0.15, -0.1) is 0 Å². The van der Waals surface area contributed by atoms with Crippen LogP contribution in [0.5, 0.6) is 5.75 Å². The molecule has 0 unspecified atom stereocenters. The maximum Gasteiger partial charge on any atom is 0.309 e. The first-order valence-electron chi connectivity index (χ1n) is 10.2. The minimum Gasteiger partial charge on any atom is -0.497 e. The highest BCUT2D eigenvalue weighted by Crippen LogP contribution is 2.25. The maximum absolute atomic E-state index is 12.1. The topological polar surface area (TPSA) is 87.0 Å². The van der Waals surface area contributed by atoms with Crippen molar-refractivity contribution in [3.63, 3.8) is 0 Å². The molecule has 0 spiro atoms. The van der Waals surface area contributed by atoms with Crippen LogP contribution in [0.2, 0.25) is 0 Å². The summed E-state index contributed by atoms with van der Waals surface area (Å²) in [5.41, 5.74) is 1.16. The molecule has 1 saturated heterocycles. The molecule has 2 heterocycles. The number of hydrogen-bond donors (Lipinski definition) is 2. The van der Waals surface area contributed by atoms with Gasteiger partial charge in [-0.25, -0.2) is 0 Å². The highest BCUT2D eigenvalue weighted by atomic mass is 16.5. The predicted molar refractivity (Wildman–Crippen MR) is 115 cm³/mol. The van der Waals surface area contributed by atoms with Crippen molar-refractivity contribution in [2.45, 2.75) is 25.9 Å². The monoisotopic (exact) mass is 414 g/mol. The van der Waals surface area contributed by atoms with Crippen molar-refractivity contribution in [1.82, 2.24) is 15.5 Å². The SMILES string of the molecule is COc1ccc(N2CCN([C@H](CNC(=O)C(=O)NC(C)C)c3ccco3)CC2)cc1. The van der Waals surface area contributed by atoms with E-state index in [1.54, 1.807) is 13.4 Å². The number of hydrogen-bond acceptors (Lipinski definition) is 6. The molecular weight excluding hydrogens is 384 g/mol. The van der Waals surface area contributed by atoms with E-state index < -0.39 is 11.8 Å². The Hall–Kier alpha value is -3.00.